The van der Waals surface area contributed by atoms with Gasteiger partial charge >= 0.3 is 0 Å². The number of aliphatic hydroxyl groups is 1. The summed E-state index contributed by atoms with van der Waals surface area (Å²) in [6, 6.07) is 9.79. The van der Waals surface area contributed by atoms with E-state index in [9.17, 15) is 5.11 Å². The van der Waals surface area contributed by atoms with Gasteiger partial charge in [0.25, 0.3) is 0 Å². The van der Waals surface area contributed by atoms with Crippen molar-refractivity contribution in [3.8, 4) is 6.07 Å². The van der Waals surface area contributed by atoms with Gasteiger partial charge in [-0.3, -0.25) is 0 Å². The standard InChI is InChI=1S/C10H9NO/c11-6-8-5-7-3-1-2-4-9(7)10(8)12/h1-4,8,10,12H,5H2. The molecule has 2 atom stereocenters. The van der Waals surface area contributed by atoms with Crippen LogP contribution in [0.25, 0.3) is 0 Å². The number of hydrogen-bond acceptors (Lipinski definition) is 2. The number of nitriles is 1. The predicted molar refractivity (Wildman–Crippen MR) is 44.2 cm³/mol. The molecule has 0 saturated heterocycles. The summed E-state index contributed by atoms with van der Waals surface area (Å²) >= 11 is 0. The van der Waals surface area contributed by atoms with E-state index in [4.69, 9.17) is 5.26 Å². The molecule has 1 aromatic carbocycles. The number of aliphatic hydroxyl groups excluding tert-OH is 1. The second-order valence-electron chi connectivity index (χ2n) is 3.08. The van der Waals surface area contributed by atoms with Crippen molar-refractivity contribution >= 4 is 0 Å². The highest BCUT2D eigenvalue weighted by atomic mass is 16.3. The SMILES string of the molecule is N#CC1Cc2ccccc2C1O. The molecule has 1 N–H and O–H groups in total. The number of benzene rings is 1. The number of fused-ring (bicyclic) bond motifs is 1. The summed E-state index contributed by atoms with van der Waals surface area (Å²) in [6.07, 6.45) is 0.111. The summed E-state index contributed by atoms with van der Waals surface area (Å²) in [5.41, 5.74) is 2.03. The Kier molecular flexibility index (Phi) is 1.60. The maximum atomic E-state index is 9.62. The van der Waals surface area contributed by atoms with E-state index in [0.717, 1.165) is 11.1 Å². The van der Waals surface area contributed by atoms with Gasteiger partial charge in [0.2, 0.25) is 0 Å². The molecule has 0 heterocycles. The van der Waals surface area contributed by atoms with Crippen molar-refractivity contribution in [1.82, 2.24) is 0 Å². The van der Waals surface area contributed by atoms with Crippen LogP contribution in [0, 0.1) is 17.2 Å². The monoisotopic (exact) mass is 159 g/mol. The summed E-state index contributed by atoms with van der Waals surface area (Å²) in [7, 11) is 0. The van der Waals surface area contributed by atoms with Gasteiger partial charge in [0.05, 0.1) is 18.1 Å². The van der Waals surface area contributed by atoms with Crippen molar-refractivity contribution in [3.05, 3.63) is 35.4 Å². The molecule has 12 heavy (non-hydrogen) atoms. The van der Waals surface area contributed by atoms with E-state index >= 15 is 0 Å². The van der Waals surface area contributed by atoms with Crippen LogP contribution in [0.5, 0.6) is 0 Å². The molecule has 2 nitrogen and oxygen atoms in total. The Hall–Kier alpha value is -1.33. The molecule has 2 heteroatoms. The van der Waals surface area contributed by atoms with Crippen LogP contribution in [0.15, 0.2) is 24.3 Å². The van der Waals surface area contributed by atoms with E-state index in [2.05, 4.69) is 6.07 Å². The molecule has 1 aliphatic carbocycles. The molecule has 60 valence electrons. The molecule has 2 rings (SSSR count). The highest BCUT2D eigenvalue weighted by Crippen LogP contribution is 2.34. The van der Waals surface area contributed by atoms with Crippen LogP contribution < -0.4 is 0 Å². The number of nitrogens with zero attached hydrogens (tertiary/aromatic N) is 1. The summed E-state index contributed by atoms with van der Waals surface area (Å²) in [6.45, 7) is 0. The van der Waals surface area contributed by atoms with Gasteiger partial charge in [-0.1, -0.05) is 24.3 Å². The third-order valence-electron chi connectivity index (χ3n) is 2.36. The normalized spacial score (nSPS) is 26.3. The summed E-state index contributed by atoms with van der Waals surface area (Å²) in [5, 5.41) is 18.3. The van der Waals surface area contributed by atoms with Crippen molar-refractivity contribution in [2.75, 3.05) is 0 Å². The Labute approximate surface area is 71.1 Å². The molecule has 0 fully saturated rings. The zero-order valence-corrected chi connectivity index (χ0v) is 6.57. The van der Waals surface area contributed by atoms with Gasteiger partial charge in [-0.15, -0.1) is 0 Å². The Morgan fingerprint density at radius 1 is 1.42 bits per heavy atom. The number of hydrogen-bond donors (Lipinski definition) is 1. The minimum Gasteiger partial charge on any atom is -0.387 e. The average Bonchev–Trinajstić information content (AvgIpc) is 2.44. The van der Waals surface area contributed by atoms with Crippen LogP contribution in [0.3, 0.4) is 0 Å². The fraction of sp³-hybridized carbons (Fsp3) is 0.300. The van der Waals surface area contributed by atoms with E-state index in [1.807, 2.05) is 24.3 Å². The van der Waals surface area contributed by atoms with E-state index in [1.165, 1.54) is 0 Å². The molecule has 0 amide bonds. The molecule has 0 spiro atoms. The van der Waals surface area contributed by atoms with E-state index in [-0.39, 0.29) is 5.92 Å². The third kappa shape index (κ3) is 0.910. The minimum absolute atomic E-state index is 0.248. The molecular formula is C10H9NO. The highest BCUT2D eigenvalue weighted by molar-refractivity contribution is 5.36. The largest absolute Gasteiger partial charge is 0.387 e. The van der Waals surface area contributed by atoms with Crippen LogP contribution in [0.1, 0.15) is 17.2 Å². The second-order valence-corrected chi connectivity index (χ2v) is 3.08. The Morgan fingerprint density at radius 2 is 2.17 bits per heavy atom. The molecule has 1 aromatic rings. The first kappa shape index (κ1) is 7.33. The van der Waals surface area contributed by atoms with Crippen LogP contribution in [0.4, 0.5) is 0 Å². The summed E-state index contributed by atoms with van der Waals surface area (Å²) < 4.78 is 0. The van der Waals surface area contributed by atoms with E-state index < -0.39 is 6.10 Å². The van der Waals surface area contributed by atoms with Crippen LogP contribution in [-0.2, 0) is 6.42 Å². The molecule has 1 aliphatic rings. The van der Waals surface area contributed by atoms with Crippen molar-refractivity contribution in [1.29, 1.82) is 5.26 Å². The first-order valence-corrected chi connectivity index (χ1v) is 3.98. The first-order valence-electron chi connectivity index (χ1n) is 3.98. The van der Waals surface area contributed by atoms with Crippen molar-refractivity contribution in [2.45, 2.75) is 12.5 Å². The molecule has 2 unspecified atom stereocenters. The quantitative estimate of drug-likeness (QED) is 0.622. The van der Waals surface area contributed by atoms with Crippen molar-refractivity contribution in [3.63, 3.8) is 0 Å². The lowest BCUT2D eigenvalue weighted by Crippen LogP contribution is -2.03. The lowest BCUT2D eigenvalue weighted by molar-refractivity contribution is 0.149. The van der Waals surface area contributed by atoms with E-state index in [1.54, 1.807) is 0 Å². The smallest absolute Gasteiger partial charge is 0.0954 e. The molecule has 0 aliphatic heterocycles. The van der Waals surface area contributed by atoms with Gasteiger partial charge in [0.15, 0.2) is 0 Å². The van der Waals surface area contributed by atoms with Gasteiger partial charge in [-0.2, -0.15) is 5.26 Å². The van der Waals surface area contributed by atoms with E-state index in [0.29, 0.717) is 6.42 Å². The maximum absolute atomic E-state index is 9.62. The van der Waals surface area contributed by atoms with Gasteiger partial charge < -0.3 is 5.11 Å². The number of rotatable bonds is 0. The Balaban J connectivity index is 2.44. The lowest BCUT2D eigenvalue weighted by atomic mass is 10.1. The summed E-state index contributed by atoms with van der Waals surface area (Å²) in [5.74, 6) is -0.248. The van der Waals surface area contributed by atoms with Gasteiger partial charge in [-0.05, 0) is 17.5 Å². The second kappa shape index (κ2) is 2.62. The zero-order valence-electron chi connectivity index (χ0n) is 6.57. The average molecular weight is 159 g/mol. The van der Waals surface area contributed by atoms with Gasteiger partial charge in [0.1, 0.15) is 0 Å². The molecule has 0 radical (unpaired) electrons. The fourth-order valence-electron chi connectivity index (χ4n) is 1.69. The van der Waals surface area contributed by atoms with Crippen LogP contribution >= 0.6 is 0 Å². The Bertz CT molecular complexity index is 340. The molecule has 0 saturated carbocycles. The zero-order chi connectivity index (χ0) is 8.55. The van der Waals surface area contributed by atoms with Crippen molar-refractivity contribution in [2.24, 2.45) is 5.92 Å². The topological polar surface area (TPSA) is 44.0 Å². The highest BCUT2D eigenvalue weighted by Gasteiger charge is 2.29. The summed E-state index contributed by atoms with van der Waals surface area (Å²) in [4.78, 5) is 0. The van der Waals surface area contributed by atoms with Gasteiger partial charge in [0, 0.05) is 0 Å². The fourth-order valence-corrected chi connectivity index (χ4v) is 1.69. The molecule has 0 bridgehead atoms. The first-order chi connectivity index (χ1) is 5.83. The Morgan fingerprint density at radius 3 is 2.83 bits per heavy atom. The van der Waals surface area contributed by atoms with Crippen molar-refractivity contribution < 1.29 is 5.11 Å². The molecular weight excluding hydrogens is 150 g/mol. The van der Waals surface area contributed by atoms with Crippen LogP contribution in [-0.4, -0.2) is 5.11 Å². The maximum Gasteiger partial charge on any atom is 0.0954 e. The lowest BCUT2D eigenvalue weighted by Gasteiger charge is -2.05. The third-order valence-corrected chi connectivity index (χ3v) is 2.36. The molecule has 0 aromatic heterocycles. The predicted octanol–water partition coefficient (Wildman–Crippen LogP) is 1.42. The minimum atomic E-state index is -0.578. The van der Waals surface area contributed by atoms with Crippen LogP contribution in [0.2, 0.25) is 0 Å². The van der Waals surface area contributed by atoms with Gasteiger partial charge in [-0.25, -0.2) is 0 Å².